The Bertz CT molecular complexity index is 960. The van der Waals surface area contributed by atoms with Crippen LogP contribution in [0.5, 0.6) is 0 Å². The number of amides is 1. The first-order chi connectivity index (χ1) is 13.8. The highest BCUT2D eigenvalue weighted by Crippen LogP contribution is 2.41. The third kappa shape index (κ3) is 3.85. The highest BCUT2D eigenvalue weighted by atomic mass is 16.1. The predicted molar refractivity (Wildman–Crippen MR) is 110 cm³/mol. The molecular formula is C23H24N4O. The Morgan fingerprint density at radius 2 is 1.86 bits per heavy atom. The second-order valence-corrected chi connectivity index (χ2v) is 7.91. The van der Waals surface area contributed by atoms with Crippen LogP contribution in [-0.2, 0) is 0 Å². The molecule has 2 aromatic carbocycles. The smallest absolute Gasteiger partial charge is 0.273 e. The molecule has 0 saturated heterocycles. The molecule has 1 amide bonds. The van der Waals surface area contributed by atoms with Crippen LogP contribution in [-0.4, -0.2) is 28.7 Å². The lowest BCUT2D eigenvalue weighted by Crippen LogP contribution is -2.20. The van der Waals surface area contributed by atoms with Crippen LogP contribution in [0.15, 0.2) is 60.7 Å². The summed E-state index contributed by atoms with van der Waals surface area (Å²) in [6.07, 6.45) is 4.00. The van der Waals surface area contributed by atoms with Gasteiger partial charge in [-0.25, -0.2) is 0 Å². The predicted octanol–water partition coefficient (Wildman–Crippen LogP) is 4.18. The molecule has 2 atom stereocenters. The lowest BCUT2D eigenvalue weighted by molar-refractivity contribution is 0.102. The fourth-order valence-electron chi connectivity index (χ4n) is 3.64. The molecule has 28 heavy (non-hydrogen) atoms. The Morgan fingerprint density at radius 1 is 1.07 bits per heavy atom. The average Bonchev–Trinajstić information content (AvgIpc) is 3.65. The van der Waals surface area contributed by atoms with Crippen LogP contribution in [0.3, 0.4) is 0 Å². The molecule has 0 bridgehead atoms. The van der Waals surface area contributed by atoms with Crippen molar-refractivity contribution in [3.8, 4) is 11.3 Å². The normalized spacial score (nSPS) is 20.7. The van der Waals surface area contributed by atoms with E-state index in [2.05, 4.69) is 33.0 Å². The maximum Gasteiger partial charge on any atom is 0.273 e. The van der Waals surface area contributed by atoms with E-state index in [9.17, 15) is 4.79 Å². The number of aromatic amines is 1. The molecule has 0 aliphatic heterocycles. The van der Waals surface area contributed by atoms with Gasteiger partial charge >= 0.3 is 0 Å². The Balaban J connectivity index is 1.18. The zero-order valence-corrected chi connectivity index (χ0v) is 15.7. The number of hydrogen-bond donors (Lipinski definition) is 3. The van der Waals surface area contributed by atoms with Crippen molar-refractivity contribution in [1.29, 1.82) is 0 Å². The van der Waals surface area contributed by atoms with Crippen molar-refractivity contribution < 1.29 is 4.79 Å². The van der Waals surface area contributed by atoms with Gasteiger partial charge in [0.25, 0.3) is 5.91 Å². The molecule has 2 aliphatic rings. The van der Waals surface area contributed by atoms with Crippen LogP contribution < -0.4 is 10.6 Å². The third-order valence-corrected chi connectivity index (χ3v) is 5.64. The van der Waals surface area contributed by atoms with Gasteiger partial charge in [-0.3, -0.25) is 9.89 Å². The van der Waals surface area contributed by atoms with Gasteiger partial charge in [0.15, 0.2) is 0 Å². The molecule has 0 radical (unpaired) electrons. The molecule has 5 rings (SSSR count). The number of nitrogens with one attached hydrogen (secondary N) is 3. The van der Waals surface area contributed by atoms with E-state index in [1.807, 2.05) is 42.5 Å². The largest absolute Gasteiger partial charge is 0.321 e. The summed E-state index contributed by atoms with van der Waals surface area (Å²) in [7, 11) is 0. The van der Waals surface area contributed by atoms with Crippen LogP contribution in [0.1, 0.15) is 41.2 Å². The number of aromatic nitrogens is 2. The number of carbonyl (C=O) groups is 1. The summed E-state index contributed by atoms with van der Waals surface area (Å²) in [5, 5.41) is 13.7. The molecular weight excluding hydrogens is 348 g/mol. The van der Waals surface area contributed by atoms with Gasteiger partial charge in [-0.1, -0.05) is 42.5 Å². The Hall–Kier alpha value is -2.92. The van der Waals surface area contributed by atoms with Crippen molar-refractivity contribution in [2.75, 3.05) is 11.9 Å². The standard InChI is InChI=1S/C23H24N4O/c28-23(22-13-20(26-27-22)17-4-2-1-3-5-17)25-18-10-8-16(9-11-18)19-12-21(19)24-14-15-6-7-15/h1-5,8-11,13,15,19,21,24H,6-7,12,14H2,(H,25,28)(H,26,27). The Kier molecular flexibility index (Phi) is 4.45. The molecule has 142 valence electrons. The highest BCUT2D eigenvalue weighted by molar-refractivity contribution is 6.03. The van der Waals surface area contributed by atoms with Gasteiger partial charge in [-0.2, -0.15) is 5.10 Å². The zero-order valence-electron chi connectivity index (χ0n) is 15.7. The number of benzene rings is 2. The first kappa shape index (κ1) is 17.2. The fourth-order valence-corrected chi connectivity index (χ4v) is 3.64. The highest BCUT2D eigenvalue weighted by Gasteiger charge is 2.38. The Labute approximate surface area is 164 Å². The first-order valence-electron chi connectivity index (χ1n) is 10.0. The number of H-pyrrole nitrogens is 1. The van der Waals surface area contributed by atoms with Crippen LogP contribution in [0.4, 0.5) is 5.69 Å². The SMILES string of the molecule is O=C(Nc1ccc(C2CC2NCC2CC2)cc1)c1cc(-c2ccccc2)n[nH]1. The van der Waals surface area contributed by atoms with Gasteiger partial charge in [-0.05, 0) is 55.5 Å². The lowest BCUT2D eigenvalue weighted by atomic mass is 10.1. The van der Waals surface area contributed by atoms with E-state index < -0.39 is 0 Å². The molecule has 2 unspecified atom stereocenters. The van der Waals surface area contributed by atoms with E-state index in [4.69, 9.17) is 0 Å². The van der Waals surface area contributed by atoms with Gasteiger partial charge in [0.05, 0.1) is 5.69 Å². The molecule has 2 aliphatic carbocycles. The quantitative estimate of drug-likeness (QED) is 0.583. The van der Waals surface area contributed by atoms with Crippen molar-refractivity contribution >= 4 is 11.6 Å². The van der Waals surface area contributed by atoms with Crippen molar-refractivity contribution in [1.82, 2.24) is 15.5 Å². The van der Waals surface area contributed by atoms with Crippen LogP contribution >= 0.6 is 0 Å². The van der Waals surface area contributed by atoms with Gasteiger partial charge in [0, 0.05) is 23.2 Å². The molecule has 3 aromatic rings. The molecule has 5 nitrogen and oxygen atoms in total. The van der Waals surface area contributed by atoms with Gasteiger partial charge < -0.3 is 10.6 Å². The maximum atomic E-state index is 12.5. The molecule has 0 spiro atoms. The summed E-state index contributed by atoms with van der Waals surface area (Å²) >= 11 is 0. The summed E-state index contributed by atoms with van der Waals surface area (Å²) in [4.78, 5) is 12.5. The molecule has 1 aromatic heterocycles. The fraction of sp³-hybridized carbons (Fsp3) is 0.304. The summed E-state index contributed by atoms with van der Waals surface area (Å²) in [5.74, 6) is 1.35. The number of carbonyl (C=O) groups excluding carboxylic acids is 1. The molecule has 1 heterocycles. The molecule has 2 saturated carbocycles. The van der Waals surface area contributed by atoms with E-state index in [1.165, 1.54) is 31.4 Å². The topological polar surface area (TPSA) is 69.8 Å². The first-order valence-corrected chi connectivity index (χ1v) is 10.0. The number of rotatable bonds is 7. The van der Waals surface area contributed by atoms with E-state index >= 15 is 0 Å². The second-order valence-electron chi connectivity index (χ2n) is 7.91. The molecule has 3 N–H and O–H groups in total. The van der Waals surface area contributed by atoms with E-state index in [0.29, 0.717) is 17.7 Å². The van der Waals surface area contributed by atoms with Crippen molar-refractivity contribution in [3.63, 3.8) is 0 Å². The minimum atomic E-state index is -0.183. The van der Waals surface area contributed by atoms with Crippen molar-refractivity contribution in [3.05, 3.63) is 71.9 Å². The third-order valence-electron chi connectivity index (χ3n) is 5.64. The Morgan fingerprint density at radius 3 is 2.61 bits per heavy atom. The average molecular weight is 372 g/mol. The number of hydrogen-bond acceptors (Lipinski definition) is 3. The van der Waals surface area contributed by atoms with Crippen molar-refractivity contribution in [2.45, 2.75) is 31.2 Å². The molecule has 5 heteroatoms. The summed E-state index contributed by atoms with van der Waals surface area (Å²) in [6, 6.07) is 20.4. The summed E-state index contributed by atoms with van der Waals surface area (Å²) in [5.41, 5.74) is 4.34. The summed E-state index contributed by atoms with van der Waals surface area (Å²) < 4.78 is 0. The number of anilines is 1. The van der Waals surface area contributed by atoms with Gasteiger partial charge in [-0.15, -0.1) is 0 Å². The molecule has 2 fully saturated rings. The number of nitrogens with zero attached hydrogens (tertiary/aromatic N) is 1. The van der Waals surface area contributed by atoms with Crippen molar-refractivity contribution in [2.24, 2.45) is 5.92 Å². The van der Waals surface area contributed by atoms with Gasteiger partial charge in [0.1, 0.15) is 5.69 Å². The maximum absolute atomic E-state index is 12.5. The minimum Gasteiger partial charge on any atom is -0.321 e. The van der Waals surface area contributed by atoms with Crippen LogP contribution in [0.25, 0.3) is 11.3 Å². The summed E-state index contributed by atoms with van der Waals surface area (Å²) in [6.45, 7) is 1.17. The van der Waals surface area contributed by atoms with E-state index in [1.54, 1.807) is 6.07 Å². The van der Waals surface area contributed by atoms with Crippen LogP contribution in [0, 0.1) is 5.92 Å². The van der Waals surface area contributed by atoms with Crippen LogP contribution in [0.2, 0.25) is 0 Å². The van der Waals surface area contributed by atoms with E-state index in [0.717, 1.165) is 22.9 Å². The lowest BCUT2D eigenvalue weighted by Gasteiger charge is -2.06. The van der Waals surface area contributed by atoms with E-state index in [-0.39, 0.29) is 5.91 Å². The second kappa shape index (κ2) is 7.24. The van der Waals surface area contributed by atoms with Gasteiger partial charge in [0.2, 0.25) is 0 Å². The monoisotopic (exact) mass is 372 g/mol. The zero-order chi connectivity index (χ0) is 18.9. The minimum absolute atomic E-state index is 0.183.